The van der Waals surface area contributed by atoms with Gasteiger partial charge in [-0.3, -0.25) is 14.9 Å². The molecule has 0 fully saturated rings. The monoisotopic (exact) mass is 387 g/mol. The van der Waals surface area contributed by atoms with E-state index in [0.717, 1.165) is 10.2 Å². The fourth-order valence-corrected chi connectivity index (χ4v) is 2.83. The molecule has 0 spiro atoms. The van der Waals surface area contributed by atoms with Gasteiger partial charge in [-0.25, -0.2) is 4.68 Å². The molecule has 0 radical (unpaired) electrons. The van der Waals surface area contributed by atoms with Crippen molar-refractivity contribution in [2.75, 3.05) is 19.5 Å². The zero-order valence-corrected chi connectivity index (χ0v) is 15.7. The highest BCUT2D eigenvalue weighted by Crippen LogP contribution is 2.28. The lowest BCUT2D eigenvalue weighted by atomic mass is 10.1. The molecule has 3 aromatic rings. The van der Waals surface area contributed by atoms with Crippen LogP contribution in [-0.2, 0) is 4.79 Å². The molecule has 0 saturated heterocycles. The Labute approximate surface area is 158 Å². The molecule has 140 valence electrons. The third-order valence-electron chi connectivity index (χ3n) is 3.84. The number of carbonyl (C=O) groups excluding carboxylic acids is 1. The van der Waals surface area contributed by atoms with Crippen LogP contribution in [0.25, 0.3) is 11.3 Å². The molecule has 1 atom stereocenters. The van der Waals surface area contributed by atoms with Gasteiger partial charge >= 0.3 is 0 Å². The molecule has 1 N–H and O–H groups in total. The maximum absolute atomic E-state index is 12.4. The van der Waals surface area contributed by atoms with Crippen LogP contribution in [0.15, 0.2) is 40.6 Å². The Hall–Kier alpha value is -3.27. The van der Waals surface area contributed by atoms with E-state index in [-0.39, 0.29) is 0 Å². The van der Waals surface area contributed by atoms with Crippen molar-refractivity contribution in [2.24, 2.45) is 0 Å². The summed E-state index contributed by atoms with van der Waals surface area (Å²) in [6, 6.07) is 7.59. The minimum Gasteiger partial charge on any atom is -0.497 e. The van der Waals surface area contributed by atoms with Crippen molar-refractivity contribution in [3.63, 3.8) is 0 Å². The molecule has 0 bridgehead atoms. The third-order valence-corrected chi connectivity index (χ3v) is 4.45. The number of carbonyl (C=O) groups is 1. The summed E-state index contributed by atoms with van der Waals surface area (Å²) in [5.41, 5.74) is 2.21. The number of amides is 1. The number of anilines is 1. The molecule has 1 aromatic carbocycles. The summed E-state index contributed by atoms with van der Waals surface area (Å²) >= 11 is 1.18. The van der Waals surface area contributed by atoms with Crippen LogP contribution in [-0.4, -0.2) is 40.1 Å². The Balaban J connectivity index is 1.97. The van der Waals surface area contributed by atoms with E-state index < -0.39 is 17.5 Å². The number of hydrogen-bond acceptors (Lipinski definition) is 8. The second-order valence-electron chi connectivity index (χ2n) is 5.48. The van der Waals surface area contributed by atoms with Crippen molar-refractivity contribution in [2.45, 2.75) is 13.0 Å². The van der Waals surface area contributed by atoms with Crippen LogP contribution >= 0.6 is 11.3 Å². The van der Waals surface area contributed by atoms with Gasteiger partial charge in [-0.05, 0) is 31.2 Å². The van der Waals surface area contributed by atoms with Crippen LogP contribution in [0.4, 0.5) is 5.13 Å². The maximum Gasteiger partial charge on any atom is 0.271 e. The molecule has 0 unspecified atom stereocenters. The first-order chi connectivity index (χ1) is 13.0. The summed E-state index contributed by atoms with van der Waals surface area (Å²) in [4.78, 5) is 24.9. The van der Waals surface area contributed by atoms with Crippen molar-refractivity contribution in [1.82, 2.24) is 20.0 Å². The number of hydrogen-bond donors (Lipinski definition) is 1. The van der Waals surface area contributed by atoms with E-state index in [1.807, 2.05) is 0 Å². The first-order valence-corrected chi connectivity index (χ1v) is 8.80. The van der Waals surface area contributed by atoms with Gasteiger partial charge in [-0.15, -0.1) is 10.2 Å². The predicted octanol–water partition coefficient (Wildman–Crippen LogP) is 1.98. The van der Waals surface area contributed by atoms with Gasteiger partial charge in [-0.2, -0.15) is 5.10 Å². The van der Waals surface area contributed by atoms with E-state index in [0.29, 0.717) is 22.3 Å². The molecular weight excluding hydrogens is 370 g/mol. The summed E-state index contributed by atoms with van der Waals surface area (Å²) in [5, 5.41) is 14.7. The molecule has 27 heavy (non-hydrogen) atoms. The van der Waals surface area contributed by atoms with Gasteiger partial charge in [0, 0.05) is 11.6 Å². The quantitative estimate of drug-likeness (QED) is 0.689. The smallest absolute Gasteiger partial charge is 0.271 e. The van der Waals surface area contributed by atoms with E-state index in [4.69, 9.17) is 9.47 Å². The molecule has 0 aliphatic heterocycles. The molecule has 2 aromatic heterocycles. The fourth-order valence-electron chi connectivity index (χ4n) is 2.38. The highest BCUT2D eigenvalue weighted by atomic mass is 32.1. The molecule has 3 rings (SSSR count). The van der Waals surface area contributed by atoms with E-state index in [1.165, 1.54) is 30.0 Å². The Bertz CT molecular complexity index is 986. The van der Waals surface area contributed by atoms with Gasteiger partial charge in [0.2, 0.25) is 5.13 Å². The largest absolute Gasteiger partial charge is 0.497 e. The lowest BCUT2D eigenvalue weighted by molar-refractivity contribution is -0.119. The first-order valence-electron chi connectivity index (χ1n) is 7.92. The van der Waals surface area contributed by atoms with E-state index in [1.54, 1.807) is 38.3 Å². The van der Waals surface area contributed by atoms with Crippen molar-refractivity contribution in [1.29, 1.82) is 0 Å². The molecule has 10 heteroatoms. The second kappa shape index (κ2) is 7.96. The topological polar surface area (TPSA) is 108 Å². The summed E-state index contributed by atoms with van der Waals surface area (Å²) < 4.78 is 11.6. The zero-order chi connectivity index (χ0) is 19.4. The van der Waals surface area contributed by atoms with E-state index in [2.05, 4.69) is 20.6 Å². The van der Waals surface area contributed by atoms with Crippen LogP contribution in [0.5, 0.6) is 11.5 Å². The number of benzene rings is 1. The van der Waals surface area contributed by atoms with Gasteiger partial charge in [0.15, 0.2) is 5.75 Å². The van der Waals surface area contributed by atoms with E-state index >= 15 is 0 Å². The molecule has 0 saturated carbocycles. The number of aromatic nitrogens is 4. The third kappa shape index (κ3) is 3.95. The van der Waals surface area contributed by atoms with Crippen LogP contribution in [0, 0.1) is 0 Å². The molecule has 2 heterocycles. The lowest BCUT2D eigenvalue weighted by Crippen LogP contribution is -2.33. The van der Waals surface area contributed by atoms with Gasteiger partial charge in [0.05, 0.1) is 14.2 Å². The van der Waals surface area contributed by atoms with Gasteiger partial charge < -0.3 is 9.47 Å². The van der Waals surface area contributed by atoms with Crippen LogP contribution in [0.3, 0.4) is 0 Å². The fraction of sp³-hybridized carbons (Fsp3) is 0.235. The highest BCUT2D eigenvalue weighted by molar-refractivity contribution is 7.13. The van der Waals surface area contributed by atoms with Crippen LogP contribution < -0.4 is 20.3 Å². The first kappa shape index (κ1) is 18.5. The average molecular weight is 387 g/mol. The minimum atomic E-state index is -0.857. The number of nitrogens with zero attached hydrogens (tertiary/aromatic N) is 4. The Kier molecular flexibility index (Phi) is 5.46. The highest BCUT2D eigenvalue weighted by Gasteiger charge is 2.21. The average Bonchev–Trinajstić information content (AvgIpc) is 3.20. The normalized spacial score (nSPS) is 11.7. The molecule has 9 nitrogen and oxygen atoms in total. The van der Waals surface area contributed by atoms with E-state index in [9.17, 15) is 9.59 Å². The molecular formula is C17H17N5O4S. The van der Waals surface area contributed by atoms with Crippen molar-refractivity contribution < 1.29 is 14.3 Å². The SMILES string of the molecule is COc1ccc(-c2nn([C@@H](C)C(=O)Nc3nncs3)c(=O)cc2OC)cc1. The summed E-state index contributed by atoms with van der Waals surface area (Å²) in [6.45, 7) is 1.58. The lowest BCUT2D eigenvalue weighted by Gasteiger charge is -2.16. The number of rotatable bonds is 6. The Morgan fingerprint density at radius 1 is 1.22 bits per heavy atom. The Morgan fingerprint density at radius 3 is 2.56 bits per heavy atom. The molecule has 1 amide bonds. The summed E-state index contributed by atoms with van der Waals surface area (Å²) in [7, 11) is 3.03. The summed E-state index contributed by atoms with van der Waals surface area (Å²) in [5.74, 6) is 0.584. The van der Waals surface area contributed by atoms with Gasteiger partial charge in [-0.1, -0.05) is 11.3 Å². The summed E-state index contributed by atoms with van der Waals surface area (Å²) in [6.07, 6.45) is 0. The Morgan fingerprint density at radius 2 is 1.96 bits per heavy atom. The van der Waals surface area contributed by atoms with Crippen molar-refractivity contribution in [3.8, 4) is 22.8 Å². The zero-order valence-electron chi connectivity index (χ0n) is 14.9. The molecule has 0 aliphatic carbocycles. The standard InChI is InChI=1S/C17H17N5O4S/c1-10(16(24)19-17-20-18-9-27-17)22-14(23)8-13(26-3)15(21-22)11-4-6-12(25-2)7-5-11/h4-10H,1-3H3,(H,19,20,24)/t10-/m0/s1. The van der Waals surface area contributed by atoms with Gasteiger partial charge in [0.1, 0.15) is 23.0 Å². The maximum atomic E-state index is 12.4. The predicted molar refractivity (Wildman–Crippen MR) is 100 cm³/mol. The van der Waals surface area contributed by atoms with Crippen molar-refractivity contribution in [3.05, 3.63) is 46.2 Å². The second-order valence-corrected chi connectivity index (χ2v) is 6.31. The van der Waals surface area contributed by atoms with Crippen LogP contribution in [0.2, 0.25) is 0 Å². The number of ether oxygens (including phenoxy) is 2. The van der Waals surface area contributed by atoms with Crippen LogP contribution in [0.1, 0.15) is 13.0 Å². The number of methoxy groups -OCH3 is 2. The molecule has 0 aliphatic rings. The minimum absolute atomic E-state index is 0.318. The van der Waals surface area contributed by atoms with Crippen molar-refractivity contribution >= 4 is 22.4 Å². The van der Waals surface area contributed by atoms with Gasteiger partial charge in [0.25, 0.3) is 11.5 Å². The number of nitrogens with one attached hydrogen (secondary N) is 1.